The fourth-order valence-electron chi connectivity index (χ4n) is 2.00. The van der Waals surface area contributed by atoms with Gasteiger partial charge in [-0.1, -0.05) is 30.3 Å². The number of aromatic carboxylic acids is 1. The molecule has 2 aromatic rings. The van der Waals surface area contributed by atoms with Gasteiger partial charge < -0.3 is 16.2 Å². The monoisotopic (exact) mass is 271 g/mol. The maximum absolute atomic E-state index is 11.0. The molecular weight excluding hydrogens is 254 g/mol. The molecule has 0 aliphatic heterocycles. The number of nitrogens with zero attached hydrogens (tertiary/aromatic N) is 1. The van der Waals surface area contributed by atoms with Crippen LogP contribution in [0.15, 0.2) is 42.6 Å². The van der Waals surface area contributed by atoms with E-state index in [1.165, 1.54) is 17.8 Å². The lowest BCUT2D eigenvalue weighted by molar-refractivity contribution is 0.0698. The van der Waals surface area contributed by atoms with Crippen molar-refractivity contribution in [2.45, 2.75) is 19.4 Å². The van der Waals surface area contributed by atoms with Crippen LogP contribution in [0.4, 0.5) is 11.5 Å². The second kappa shape index (κ2) is 6.06. The van der Waals surface area contributed by atoms with Gasteiger partial charge in [-0.15, -0.1) is 0 Å². The van der Waals surface area contributed by atoms with E-state index < -0.39 is 5.97 Å². The topological polar surface area (TPSA) is 88.2 Å². The second-order valence-corrected chi connectivity index (χ2v) is 4.70. The number of carbonyl (C=O) groups is 1. The van der Waals surface area contributed by atoms with Crippen LogP contribution in [0.1, 0.15) is 22.8 Å². The third kappa shape index (κ3) is 3.47. The number of rotatable bonds is 5. The summed E-state index contributed by atoms with van der Waals surface area (Å²) in [6.45, 7) is 2.02. The summed E-state index contributed by atoms with van der Waals surface area (Å²) in [5.74, 6) is -0.538. The number of nitrogens with one attached hydrogen (secondary N) is 1. The van der Waals surface area contributed by atoms with Crippen molar-refractivity contribution in [2.75, 3.05) is 11.1 Å². The average Bonchev–Trinajstić information content (AvgIpc) is 2.41. The van der Waals surface area contributed by atoms with Gasteiger partial charge in [0.25, 0.3) is 0 Å². The van der Waals surface area contributed by atoms with Gasteiger partial charge in [-0.3, -0.25) is 0 Å². The fraction of sp³-hybridized carbons (Fsp3) is 0.200. The molecule has 0 fully saturated rings. The molecule has 0 bridgehead atoms. The second-order valence-electron chi connectivity index (χ2n) is 4.70. The number of nitrogen functional groups attached to an aromatic ring is 1. The first-order valence-corrected chi connectivity index (χ1v) is 6.35. The Morgan fingerprint density at radius 2 is 2.10 bits per heavy atom. The average molecular weight is 271 g/mol. The van der Waals surface area contributed by atoms with Gasteiger partial charge in [-0.2, -0.15) is 0 Å². The predicted molar refractivity (Wildman–Crippen MR) is 78.8 cm³/mol. The number of hydrogen-bond donors (Lipinski definition) is 3. The third-order valence-electron chi connectivity index (χ3n) is 2.94. The van der Waals surface area contributed by atoms with Crippen molar-refractivity contribution in [3.8, 4) is 0 Å². The standard InChI is InChI=1S/C15H17N3O2/c1-10(7-11-5-3-2-4-6-11)18-14-8-12(15(19)20)13(16)9-17-14/h2-6,8-10H,7,16H2,1H3,(H,17,18)(H,19,20). The van der Waals surface area contributed by atoms with Crippen molar-refractivity contribution in [3.05, 3.63) is 53.7 Å². The highest BCUT2D eigenvalue weighted by Gasteiger charge is 2.11. The fourth-order valence-corrected chi connectivity index (χ4v) is 2.00. The van der Waals surface area contributed by atoms with E-state index in [1.807, 2.05) is 25.1 Å². The van der Waals surface area contributed by atoms with Crippen LogP contribution in [0, 0.1) is 0 Å². The molecule has 20 heavy (non-hydrogen) atoms. The molecule has 0 radical (unpaired) electrons. The summed E-state index contributed by atoms with van der Waals surface area (Å²) in [4.78, 5) is 15.1. The zero-order chi connectivity index (χ0) is 14.5. The quantitative estimate of drug-likeness (QED) is 0.777. The zero-order valence-electron chi connectivity index (χ0n) is 11.2. The molecule has 0 spiro atoms. The van der Waals surface area contributed by atoms with Crippen LogP contribution in [-0.4, -0.2) is 22.1 Å². The summed E-state index contributed by atoms with van der Waals surface area (Å²) >= 11 is 0. The van der Waals surface area contributed by atoms with Crippen LogP contribution in [0.2, 0.25) is 0 Å². The first-order chi connectivity index (χ1) is 9.56. The minimum absolute atomic E-state index is 0.0643. The molecule has 5 nitrogen and oxygen atoms in total. The summed E-state index contributed by atoms with van der Waals surface area (Å²) < 4.78 is 0. The Balaban J connectivity index is 2.06. The molecule has 1 aromatic carbocycles. The van der Waals surface area contributed by atoms with Gasteiger partial charge in [0.05, 0.1) is 17.4 Å². The first kappa shape index (κ1) is 13.9. The van der Waals surface area contributed by atoms with Crippen molar-refractivity contribution in [3.63, 3.8) is 0 Å². The van der Waals surface area contributed by atoms with Gasteiger partial charge >= 0.3 is 5.97 Å². The molecule has 0 saturated heterocycles. The highest BCUT2D eigenvalue weighted by atomic mass is 16.4. The molecule has 2 rings (SSSR count). The van der Waals surface area contributed by atoms with E-state index in [1.54, 1.807) is 0 Å². The van der Waals surface area contributed by atoms with Gasteiger partial charge in [-0.05, 0) is 25.0 Å². The van der Waals surface area contributed by atoms with E-state index in [0.717, 1.165) is 6.42 Å². The highest BCUT2D eigenvalue weighted by Crippen LogP contribution is 2.16. The lowest BCUT2D eigenvalue weighted by Crippen LogP contribution is -2.19. The Labute approximate surface area is 117 Å². The van der Waals surface area contributed by atoms with Crippen LogP contribution in [0.3, 0.4) is 0 Å². The van der Waals surface area contributed by atoms with E-state index in [-0.39, 0.29) is 17.3 Å². The number of anilines is 2. The van der Waals surface area contributed by atoms with Gasteiger partial charge in [-0.25, -0.2) is 9.78 Å². The molecule has 1 unspecified atom stereocenters. The van der Waals surface area contributed by atoms with Gasteiger partial charge in [0.15, 0.2) is 0 Å². The molecule has 0 saturated carbocycles. The van der Waals surface area contributed by atoms with Gasteiger partial charge in [0.2, 0.25) is 0 Å². The Morgan fingerprint density at radius 3 is 2.75 bits per heavy atom. The number of carboxylic acids is 1. The van der Waals surface area contributed by atoms with Crippen molar-refractivity contribution in [1.82, 2.24) is 4.98 Å². The lowest BCUT2D eigenvalue weighted by atomic mass is 10.1. The SMILES string of the molecule is CC(Cc1ccccc1)Nc1cc(C(=O)O)c(N)cn1. The molecule has 104 valence electrons. The van der Waals surface area contributed by atoms with Crippen molar-refractivity contribution < 1.29 is 9.90 Å². The number of nitrogens with two attached hydrogens (primary N) is 1. The first-order valence-electron chi connectivity index (χ1n) is 6.35. The van der Waals surface area contributed by atoms with E-state index in [2.05, 4.69) is 22.4 Å². The summed E-state index contributed by atoms with van der Waals surface area (Å²) in [7, 11) is 0. The number of aromatic nitrogens is 1. The van der Waals surface area contributed by atoms with Crippen LogP contribution in [-0.2, 0) is 6.42 Å². The van der Waals surface area contributed by atoms with Crippen molar-refractivity contribution in [2.24, 2.45) is 0 Å². The summed E-state index contributed by atoms with van der Waals surface area (Å²) in [6.07, 6.45) is 2.19. The minimum Gasteiger partial charge on any atom is -0.478 e. The molecule has 0 aliphatic rings. The van der Waals surface area contributed by atoms with Crippen LogP contribution >= 0.6 is 0 Å². The normalized spacial score (nSPS) is 11.8. The number of carboxylic acid groups (broad SMARTS) is 1. The molecule has 4 N–H and O–H groups in total. The largest absolute Gasteiger partial charge is 0.478 e. The van der Waals surface area contributed by atoms with Crippen LogP contribution < -0.4 is 11.1 Å². The Bertz CT molecular complexity index is 599. The molecule has 0 aliphatic carbocycles. The van der Waals surface area contributed by atoms with Crippen LogP contribution in [0.25, 0.3) is 0 Å². The van der Waals surface area contributed by atoms with Gasteiger partial charge in [0.1, 0.15) is 5.82 Å². The number of hydrogen-bond acceptors (Lipinski definition) is 4. The predicted octanol–water partition coefficient (Wildman–Crippen LogP) is 2.41. The summed E-state index contributed by atoms with van der Waals surface area (Å²) in [6, 6.07) is 11.7. The Morgan fingerprint density at radius 1 is 1.40 bits per heavy atom. The summed E-state index contributed by atoms with van der Waals surface area (Å²) in [5, 5.41) is 12.2. The lowest BCUT2D eigenvalue weighted by Gasteiger charge is -2.15. The van der Waals surface area contributed by atoms with E-state index >= 15 is 0 Å². The Hall–Kier alpha value is -2.56. The molecule has 0 amide bonds. The number of pyridine rings is 1. The molecule has 1 heterocycles. The maximum atomic E-state index is 11.0. The van der Waals surface area contributed by atoms with Crippen LogP contribution in [0.5, 0.6) is 0 Å². The van der Waals surface area contributed by atoms with Crippen molar-refractivity contribution in [1.29, 1.82) is 0 Å². The van der Waals surface area contributed by atoms with Gasteiger partial charge in [0, 0.05) is 6.04 Å². The zero-order valence-corrected chi connectivity index (χ0v) is 11.2. The molecule has 5 heteroatoms. The molecular formula is C15H17N3O2. The highest BCUT2D eigenvalue weighted by molar-refractivity contribution is 5.94. The van der Waals surface area contributed by atoms with E-state index in [9.17, 15) is 4.79 Å². The van der Waals surface area contributed by atoms with E-state index in [0.29, 0.717) is 5.82 Å². The Kier molecular flexibility index (Phi) is 4.20. The molecule has 1 aromatic heterocycles. The third-order valence-corrected chi connectivity index (χ3v) is 2.94. The molecule has 1 atom stereocenters. The smallest absolute Gasteiger partial charge is 0.337 e. The maximum Gasteiger partial charge on any atom is 0.337 e. The van der Waals surface area contributed by atoms with E-state index in [4.69, 9.17) is 10.8 Å². The number of benzene rings is 1. The summed E-state index contributed by atoms with van der Waals surface area (Å²) in [5.41, 5.74) is 7.01. The minimum atomic E-state index is -1.05. The van der Waals surface area contributed by atoms with Crippen molar-refractivity contribution >= 4 is 17.5 Å².